The van der Waals surface area contributed by atoms with E-state index in [0.29, 0.717) is 22.2 Å². The van der Waals surface area contributed by atoms with Crippen molar-refractivity contribution in [1.82, 2.24) is 15.2 Å². The van der Waals surface area contributed by atoms with Crippen LogP contribution >= 0.6 is 12.2 Å². The minimum absolute atomic E-state index is 0.147. The van der Waals surface area contributed by atoms with Crippen molar-refractivity contribution in [1.29, 1.82) is 0 Å². The van der Waals surface area contributed by atoms with Gasteiger partial charge in [-0.2, -0.15) is 0 Å². The van der Waals surface area contributed by atoms with Gasteiger partial charge in [0.05, 0.1) is 17.3 Å². The van der Waals surface area contributed by atoms with Gasteiger partial charge in [-0.3, -0.25) is 4.98 Å². The predicted octanol–water partition coefficient (Wildman–Crippen LogP) is 4.42. The first-order chi connectivity index (χ1) is 14.0. The quantitative estimate of drug-likeness (QED) is 0.606. The van der Waals surface area contributed by atoms with E-state index in [9.17, 15) is 9.90 Å². The molecule has 1 fully saturated rings. The van der Waals surface area contributed by atoms with E-state index in [1.807, 2.05) is 30.3 Å². The van der Waals surface area contributed by atoms with Gasteiger partial charge in [0, 0.05) is 17.8 Å². The molecule has 3 heterocycles. The number of carboxylic acid groups (broad SMARTS) is 1. The van der Waals surface area contributed by atoms with Crippen molar-refractivity contribution in [2.24, 2.45) is 0 Å². The third-order valence-corrected chi connectivity index (χ3v) is 5.36. The summed E-state index contributed by atoms with van der Waals surface area (Å²) in [6.45, 7) is 4.15. The molecule has 2 aromatic heterocycles. The first-order valence-electron chi connectivity index (χ1n) is 9.39. The van der Waals surface area contributed by atoms with E-state index in [-0.39, 0.29) is 23.7 Å². The highest BCUT2D eigenvalue weighted by Crippen LogP contribution is 2.41. The summed E-state index contributed by atoms with van der Waals surface area (Å²) in [5.74, 6) is 0.230. The zero-order valence-electron chi connectivity index (χ0n) is 16.1. The molecule has 1 aliphatic heterocycles. The van der Waals surface area contributed by atoms with Gasteiger partial charge in [0.15, 0.2) is 5.11 Å². The minimum atomic E-state index is -0.988. The normalized spacial score (nSPS) is 18.9. The van der Waals surface area contributed by atoms with Crippen LogP contribution in [0.1, 0.15) is 47.7 Å². The van der Waals surface area contributed by atoms with E-state index in [2.05, 4.69) is 29.0 Å². The van der Waals surface area contributed by atoms with Crippen molar-refractivity contribution in [3.8, 4) is 11.3 Å². The molecule has 1 aromatic carbocycles. The number of aromatic nitrogens is 1. The third-order valence-electron chi connectivity index (χ3n) is 5.03. The van der Waals surface area contributed by atoms with Crippen molar-refractivity contribution in [2.45, 2.75) is 32.0 Å². The Bertz CT molecular complexity index is 1050. The van der Waals surface area contributed by atoms with Gasteiger partial charge in [0.1, 0.15) is 17.6 Å². The largest absolute Gasteiger partial charge is 0.478 e. The van der Waals surface area contributed by atoms with E-state index >= 15 is 0 Å². The maximum atomic E-state index is 11.6. The van der Waals surface area contributed by atoms with Crippen molar-refractivity contribution in [3.05, 3.63) is 77.8 Å². The number of furan rings is 1. The summed E-state index contributed by atoms with van der Waals surface area (Å²) in [7, 11) is 0. The van der Waals surface area contributed by atoms with Crippen LogP contribution < -0.4 is 5.32 Å². The van der Waals surface area contributed by atoms with Crippen molar-refractivity contribution in [3.63, 3.8) is 0 Å². The van der Waals surface area contributed by atoms with Crippen LogP contribution in [0.4, 0.5) is 0 Å². The average molecular weight is 407 g/mol. The molecule has 3 aromatic rings. The number of nitrogens with one attached hydrogen (secondary N) is 1. The summed E-state index contributed by atoms with van der Waals surface area (Å²) in [6.07, 6.45) is 1.76. The Hall–Kier alpha value is -3.19. The van der Waals surface area contributed by atoms with Crippen LogP contribution in [0.2, 0.25) is 0 Å². The summed E-state index contributed by atoms with van der Waals surface area (Å²) < 4.78 is 6.19. The van der Waals surface area contributed by atoms with Gasteiger partial charge in [0.2, 0.25) is 0 Å². The molecular formula is C22H21N3O3S. The lowest BCUT2D eigenvalue weighted by atomic mass is 10.0. The molecule has 2 atom stereocenters. The van der Waals surface area contributed by atoms with E-state index < -0.39 is 5.97 Å². The SMILES string of the molecule is CC(C)N1C(=S)NC(c2ccccn2)C1c1ccc(-c2ccccc2C(=O)O)o1. The zero-order chi connectivity index (χ0) is 20.5. The average Bonchev–Trinajstić information content (AvgIpc) is 3.33. The molecule has 0 amide bonds. The van der Waals surface area contributed by atoms with E-state index in [1.54, 1.807) is 30.5 Å². The predicted molar refractivity (Wildman–Crippen MR) is 114 cm³/mol. The van der Waals surface area contributed by atoms with Gasteiger partial charge in [0.25, 0.3) is 0 Å². The summed E-state index contributed by atoms with van der Waals surface area (Å²) in [5, 5.41) is 13.5. The number of thiocarbonyl (C=S) groups is 1. The molecule has 0 radical (unpaired) electrons. The lowest BCUT2D eigenvalue weighted by molar-refractivity contribution is 0.0697. The molecule has 4 rings (SSSR count). The van der Waals surface area contributed by atoms with Crippen LogP contribution in [0.3, 0.4) is 0 Å². The lowest BCUT2D eigenvalue weighted by Gasteiger charge is -2.29. The summed E-state index contributed by atoms with van der Waals surface area (Å²) >= 11 is 5.59. The first-order valence-corrected chi connectivity index (χ1v) is 9.80. The second-order valence-electron chi connectivity index (χ2n) is 7.18. The van der Waals surface area contributed by atoms with Gasteiger partial charge in [-0.05, 0) is 56.4 Å². The third kappa shape index (κ3) is 3.49. The van der Waals surface area contributed by atoms with Crippen molar-refractivity contribution < 1.29 is 14.3 Å². The maximum Gasteiger partial charge on any atom is 0.336 e. The monoisotopic (exact) mass is 407 g/mol. The van der Waals surface area contributed by atoms with E-state index in [1.165, 1.54) is 0 Å². The molecule has 29 heavy (non-hydrogen) atoms. The topological polar surface area (TPSA) is 78.6 Å². The number of nitrogens with zero attached hydrogens (tertiary/aromatic N) is 2. The van der Waals surface area contributed by atoms with Gasteiger partial charge in [-0.1, -0.05) is 24.3 Å². The highest BCUT2D eigenvalue weighted by molar-refractivity contribution is 7.80. The fraction of sp³-hybridized carbons (Fsp3) is 0.227. The molecule has 7 heteroatoms. The molecular weight excluding hydrogens is 386 g/mol. The highest BCUT2D eigenvalue weighted by atomic mass is 32.1. The Morgan fingerprint density at radius 3 is 2.62 bits per heavy atom. The van der Waals surface area contributed by atoms with Crippen LogP contribution in [0, 0.1) is 0 Å². The number of benzene rings is 1. The summed E-state index contributed by atoms with van der Waals surface area (Å²) in [4.78, 5) is 18.2. The standard InChI is InChI=1S/C22H21N3O3S/c1-13(2)25-20(19(24-22(25)29)16-9-5-6-12-23-16)18-11-10-17(28-18)14-7-3-4-8-15(14)21(26)27/h3-13,19-20H,1-2H3,(H,24,29)(H,26,27). The Morgan fingerprint density at radius 2 is 1.93 bits per heavy atom. The number of aromatic carboxylic acids is 1. The second-order valence-corrected chi connectivity index (χ2v) is 7.57. The molecule has 2 unspecified atom stereocenters. The minimum Gasteiger partial charge on any atom is -0.478 e. The fourth-order valence-corrected chi connectivity index (χ4v) is 4.22. The van der Waals surface area contributed by atoms with Gasteiger partial charge in [-0.15, -0.1) is 0 Å². The number of carboxylic acids is 1. The van der Waals surface area contributed by atoms with Crippen LogP contribution in [-0.4, -0.2) is 32.1 Å². The molecule has 1 saturated heterocycles. The number of carbonyl (C=O) groups is 1. The molecule has 0 spiro atoms. The van der Waals surface area contributed by atoms with Crippen molar-refractivity contribution in [2.75, 3.05) is 0 Å². The van der Waals surface area contributed by atoms with E-state index in [4.69, 9.17) is 16.6 Å². The highest BCUT2D eigenvalue weighted by Gasteiger charge is 2.42. The van der Waals surface area contributed by atoms with Crippen LogP contribution in [-0.2, 0) is 0 Å². The van der Waals surface area contributed by atoms with E-state index in [0.717, 1.165) is 5.69 Å². The lowest BCUT2D eigenvalue weighted by Crippen LogP contribution is -2.35. The Morgan fingerprint density at radius 1 is 1.17 bits per heavy atom. The number of hydrogen-bond donors (Lipinski definition) is 2. The van der Waals surface area contributed by atoms with Gasteiger partial charge < -0.3 is 19.7 Å². The molecule has 1 aliphatic rings. The smallest absolute Gasteiger partial charge is 0.336 e. The van der Waals surface area contributed by atoms with Gasteiger partial charge >= 0.3 is 5.97 Å². The fourth-order valence-electron chi connectivity index (χ4n) is 3.77. The molecule has 0 aliphatic carbocycles. The number of pyridine rings is 1. The maximum absolute atomic E-state index is 11.6. The van der Waals surface area contributed by atoms with Crippen LogP contribution in [0.25, 0.3) is 11.3 Å². The zero-order valence-corrected chi connectivity index (χ0v) is 16.9. The summed E-state index contributed by atoms with van der Waals surface area (Å²) in [5.41, 5.74) is 1.62. The Balaban J connectivity index is 1.78. The molecule has 2 N–H and O–H groups in total. The first kappa shape index (κ1) is 19.1. The van der Waals surface area contributed by atoms with Gasteiger partial charge in [-0.25, -0.2) is 4.79 Å². The van der Waals surface area contributed by atoms with Crippen LogP contribution in [0.15, 0.2) is 65.2 Å². The Kier molecular flexibility index (Phi) is 5.07. The molecule has 0 saturated carbocycles. The number of rotatable bonds is 5. The molecule has 0 bridgehead atoms. The second kappa shape index (κ2) is 7.67. The summed E-state index contributed by atoms with van der Waals surface area (Å²) in [6, 6.07) is 16.1. The van der Waals surface area contributed by atoms with Crippen molar-refractivity contribution >= 4 is 23.3 Å². The molecule has 6 nitrogen and oxygen atoms in total. The Labute approximate surface area is 174 Å². The number of hydrogen-bond acceptors (Lipinski definition) is 4. The molecule has 148 valence electrons. The van der Waals surface area contributed by atoms with Crippen LogP contribution in [0.5, 0.6) is 0 Å².